The summed E-state index contributed by atoms with van der Waals surface area (Å²) in [4.78, 5) is 34.7. The molecule has 2 rings (SSSR count). The first-order chi connectivity index (χ1) is 11.1. The number of nitrogens with one attached hydrogen (secondary N) is 3. The molecule has 0 unspecified atom stereocenters. The number of carbonyl (C=O) groups is 3. The Morgan fingerprint density at radius 2 is 1.52 bits per heavy atom. The van der Waals surface area contributed by atoms with Crippen LogP contribution in [-0.4, -0.2) is 30.8 Å². The normalized spacial score (nSPS) is 9.91. The van der Waals surface area contributed by atoms with Crippen LogP contribution in [0.1, 0.15) is 16.1 Å². The van der Waals surface area contributed by atoms with Gasteiger partial charge in [-0.15, -0.1) is 0 Å². The van der Waals surface area contributed by atoms with E-state index in [2.05, 4.69) is 16.0 Å². The predicted molar refractivity (Wildman–Crippen MR) is 82.3 cm³/mol. The molecule has 3 amide bonds. The fourth-order valence-electron chi connectivity index (χ4n) is 1.76. The zero-order valence-electron chi connectivity index (χ0n) is 12.4. The summed E-state index contributed by atoms with van der Waals surface area (Å²) in [6.45, 7) is 0.0125. The van der Waals surface area contributed by atoms with Crippen LogP contribution in [0.4, 0.5) is 0 Å². The number of furan rings is 1. The molecule has 0 aliphatic carbocycles. The molecule has 0 saturated carbocycles. The van der Waals surface area contributed by atoms with Crippen molar-refractivity contribution in [2.45, 2.75) is 6.54 Å². The van der Waals surface area contributed by atoms with E-state index in [1.807, 2.05) is 30.3 Å². The molecule has 1 aromatic carbocycles. The van der Waals surface area contributed by atoms with E-state index in [1.165, 1.54) is 12.3 Å². The van der Waals surface area contributed by atoms with Gasteiger partial charge in [0.2, 0.25) is 11.8 Å². The molecule has 0 aliphatic rings. The molecule has 0 atom stereocenters. The third-order valence-electron chi connectivity index (χ3n) is 2.93. The number of hydrogen-bond donors (Lipinski definition) is 3. The van der Waals surface area contributed by atoms with Crippen LogP contribution in [0.15, 0.2) is 53.1 Å². The topological polar surface area (TPSA) is 100 Å². The minimum absolute atomic E-state index is 0.124. The summed E-state index contributed by atoms with van der Waals surface area (Å²) >= 11 is 0. The lowest BCUT2D eigenvalue weighted by Crippen LogP contribution is -2.41. The molecule has 0 bridgehead atoms. The SMILES string of the molecule is O=C(CNC(=O)CNC(=O)c1ccco1)NCc1ccccc1. The highest BCUT2D eigenvalue weighted by atomic mass is 16.3. The predicted octanol–water partition coefficient (Wildman–Crippen LogP) is 0.442. The Bertz CT molecular complexity index is 653. The Labute approximate surface area is 133 Å². The van der Waals surface area contributed by atoms with E-state index < -0.39 is 11.8 Å². The number of rotatable bonds is 7. The van der Waals surface area contributed by atoms with E-state index >= 15 is 0 Å². The molecule has 0 spiro atoms. The van der Waals surface area contributed by atoms with E-state index in [-0.39, 0.29) is 24.8 Å². The van der Waals surface area contributed by atoms with Gasteiger partial charge in [-0.05, 0) is 17.7 Å². The highest BCUT2D eigenvalue weighted by Gasteiger charge is 2.10. The van der Waals surface area contributed by atoms with Gasteiger partial charge in [0.15, 0.2) is 5.76 Å². The van der Waals surface area contributed by atoms with Crippen LogP contribution in [-0.2, 0) is 16.1 Å². The molecule has 7 heteroatoms. The molecule has 2 aromatic rings. The highest BCUT2D eigenvalue weighted by molar-refractivity contribution is 5.94. The molecule has 0 aliphatic heterocycles. The van der Waals surface area contributed by atoms with Crippen molar-refractivity contribution in [3.8, 4) is 0 Å². The molecular formula is C16H17N3O4. The van der Waals surface area contributed by atoms with Crippen LogP contribution in [0.5, 0.6) is 0 Å². The van der Waals surface area contributed by atoms with Crippen molar-refractivity contribution in [3.63, 3.8) is 0 Å². The Kier molecular flexibility index (Phi) is 5.93. The van der Waals surface area contributed by atoms with Crippen LogP contribution in [0.25, 0.3) is 0 Å². The zero-order valence-corrected chi connectivity index (χ0v) is 12.4. The maximum Gasteiger partial charge on any atom is 0.287 e. The van der Waals surface area contributed by atoms with Gasteiger partial charge in [-0.2, -0.15) is 0 Å². The van der Waals surface area contributed by atoms with Gasteiger partial charge < -0.3 is 20.4 Å². The van der Waals surface area contributed by atoms with E-state index in [9.17, 15) is 14.4 Å². The largest absolute Gasteiger partial charge is 0.459 e. The monoisotopic (exact) mass is 315 g/mol. The fourth-order valence-corrected chi connectivity index (χ4v) is 1.76. The van der Waals surface area contributed by atoms with Crippen LogP contribution >= 0.6 is 0 Å². The van der Waals surface area contributed by atoms with E-state index in [0.29, 0.717) is 6.54 Å². The first-order valence-electron chi connectivity index (χ1n) is 7.04. The number of benzene rings is 1. The molecule has 1 aromatic heterocycles. The minimum atomic E-state index is -0.487. The maximum atomic E-state index is 11.6. The molecule has 3 N–H and O–H groups in total. The number of carbonyl (C=O) groups excluding carboxylic acids is 3. The lowest BCUT2D eigenvalue weighted by Gasteiger charge is -2.07. The van der Waals surface area contributed by atoms with Crippen molar-refractivity contribution in [2.75, 3.05) is 13.1 Å². The van der Waals surface area contributed by atoms with Crippen LogP contribution in [0.2, 0.25) is 0 Å². The average Bonchev–Trinajstić information content (AvgIpc) is 3.11. The van der Waals surface area contributed by atoms with E-state index in [0.717, 1.165) is 5.56 Å². The Morgan fingerprint density at radius 3 is 2.22 bits per heavy atom. The second-order valence-electron chi connectivity index (χ2n) is 4.70. The van der Waals surface area contributed by atoms with Crippen molar-refractivity contribution < 1.29 is 18.8 Å². The molecule has 1 heterocycles. The van der Waals surface area contributed by atoms with Gasteiger partial charge in [-0.25, -0.2) is 0 Å². The molecule has 7 nitrogen and oxygen atoms in total. The van der Waals surface area contributed by atoms with Gasteiger partial charge in [0.05, 0.1) is 19.4 Å². The second-order valence-corrected chi connectivity index (χ2v) is 4.70. The lowest BCUT2D eigenvalue weighted by molar-refractivity contribution is -0.125. The van der Waals surface area contributed by atoms with Crippen molar-refractivity contribution in [3.05, 3.63) is 60.1 Å². The summed E-state index contributed by atoms with van der Waals surface area (Å²) in [5.41, 5.74) is 0.970. The molecular weight excluding hydrogens is 298 g/mol. The molecule has 23 heavy (non-hydrogen) atoms. The first-order valence-corrected chi connectivity index (χ1v) is 7.04. The fraction of sp³-hybridized carbons (Fsp3) is 0.188. The smallest absolute Gasteiger partial charge is 0.287 e. The molecule has 120 valence electrons. The standard InChI is InChI=1S/C16H17N3O4/c20-14(17-9-12-5-2-1-3-6-12)10-18-15(21)11-19-16(22)13-7-4-8-23-13/h1-8H,9-11H2,(H,17,20)(H,18,21)(H,19,22). The van der Waals surface area contributed by atoms with E-state index in [4.69, 9.17) is 4.42 Å². The summed E-state index contributed by atoms with van der Waals surface area (Å²) < 4.78 is 4.89. The van der Waals surface area contributed by atoms with Crippen LogP contribution in [0.3, 0.4) is 0 Å². The zero-order chi connectivity index (χ0) is 16.5. The lowest BCUT2D eigenvalue weighted by atomic mass is 10.2. The van der Waals surface area contributed by atoms with Crippen LogP contribution in [0, 0.1) is 0 Å². The molecule has 0 saturated heterocycles. The summed E-state index contributed by atoms with van der Waals surface area (Å²) in [6.07, 6.45) is 1.37. The number of amides is 3. The van der Waals surface area contributed by atoms with Gasteiger partial charge in [0, 0.05) is 6.54 Å². The van der Waals surface area contributed by atoms with Gasteiger partial charge in [-0.1, -0.05) is 30.3 Å². The Balaban J connectivity index is 1.62. The summed E-state index contributed by atoms with van der Waals surface area (Å²) in [6, 6.07) is 12.5. The van der Waals surface area contributed by atoms with Crippen molar-refractivity contribution in [2.24, 2.45) is 0 Å². The average molecular weight is 315 g/mol. The molecule has 0 fully saturated rings. The summed E-state index contributed by atoms with van der Waals surface area (Å²) in [5, 5.41) is 7.50. The quantitative estimate of drug-likeness (QED) is 0.690. The number of hydrogen-bond acceptors (Lipinski definition) is 4. The van der Waals surface area contributed by atoms with Crippen molar-refractivity contribution in [1.82, 2.24) is 16.0 Å². The van der Waals surface area contributed by atoms with Crippen molar-refractivity contribution >= 4 is 17.7 Å². The van der Waals surface area contributed by atoms with Gasteiger partial charge in [-0.3, -0.25) is 14.4 Å². The van der Waals surface area contributed by atoms with Gasteiger partial charge in [0.1, 0.15) is 0 Å². The summed E-state index contributed by atoms with van der Waals surface area (Å²) in [5.74, 6) is -1.13. The maximum absolute atomic E-state index is 11.6. The third kappa shape index (κ3) is 5.66. The van der Waals surface area contributed by atoms with Gasteiger partial charge in [0.25, 0.3) is 5.91 Å². The van der Waals surface area contributed by atoms with Gasteiger partial charge >= 0.3 is 0 Å². The van der Waals surface area contributed by atoms with E-state index in [1.54, 1.807) is 6.07 Å². The Hall–Kier alpha value is -3.09. The minimum Gasteiger partial charge on any atom is -0.459 e. The third-order valence-corrected chi connectivity index (χ3v) is 2.93. The Morgan fingerprint density at radius 1 is 0.826 bits per heavy atom. The molecule has 0 radical (unpaired) electrons. The first kappa shape index (κ1) is 16.3. The summed E-state index contributed by atoms with van der Waals surface area (Å²) in [7, 11) is 0. The van der Waals surface area contributed by atoms with Crippen molar-refractivity contribution in [1.29, 1.82) is 0 Å². The second kappa shape index (κ2) is 8.38. The van der Waals surface area contributed by atoms with Crippen LogP contribution < -0.4 is 16.0 Å². The highest BCUT2D eigenvalue weighted by Crippen LogP contribution is 1.98.